The molecule has 4 nitrogen and oxygen atoms in total. The van der Waals surface area contributed by atoms with E-state index in [1.54, 1.807) is 7.11 Å². The van der Waals surface area contributed by atoms with Crippen LogP contribution in [-0.4, -0.2) is 51.0 Å². The minimum absolute atomic E-state index is 0.180. The summed E-state index contributed by atoms with van der Waals surface area (Å²) in [6, 6.07) is 8.42. The molecule has 23 heavy (non-hydrogen) atoms. The standard InChI is InChI=1S/C19H29NO3/c1-3-22-15-19-10-4-12-23-18(19)9-11-20(14-19)13-16-5-7-17(21-2)8-6-16/h5-8,18H,3-4,9-15H2,1-2H3. The highest BCUT2D eigenvalue weighted by Gasteiger charge is 2.45. The summed E-state index contributed by atoms with van der Waals surface area (Å²) in [5.41, 5.74) is 1.52. The van der Waals surface area contributed by atoms with Crippen LogP contribution in [0.5, 0.6) is 5.75 Å². The first-order valence-electron chi connectivity index (χ1n) is 8.80. The van der Waals surface area contributed by atoms with Crippen LogP contribution >= 0.6 is 0 Å². The van der Waals surface area contributed by atoms with Crippen molar-refractivity contribution in [2.45, 2.75) is 38.8 Å². The molecule has 4 heteroatoms. The van der Waals surface area contributed by atoms with Gasteiger partial charge in [0.25, 0.3) is 0 Å². The van der Waals surface area contributed by atoms with Crippen LogP contribution in [0, 0.1) is 5.41 Å². The van der Waals surface area contributed by atoms with Gasteiger partial charge in [-0.25, -0.2) is 0 Å². The number of benzene rings is 1. The van der Waals surface area contributed by atoms with E-state index < -0.39 is 0 Å². The highest BCUT2D eigenvalue weighted by atomic mass is 16.5. The Morgan fingerprint density at radius 3 is 2.87 bits per heavy atom. The zero-order valence-electron chi connectivity index (χ0n) is 14.4. The molecule has 1 aromatic rings. The molecule has 2 saturated heterocycles. The monoisotopic (exact) mass is 319 g/mol. The number of fused-ring (bicyclic) bond motifs is 1. The number of likely N-dealkylation sites (tertiary alicyclic amines) is 1. The summed E-state index contributed by atoms with van der Waals surface area (Å²) in [6.07, 6.45) is 3.86. The maximum Gasteiger partial charge on any atom is 0.118 e. The van der Waals surface area contributed by atoms with Crippen molar-refractivity contribution in [3.63, 3.8) is 0 Å². The molecule has 0 aliphatic carbocycles. The Labute approximate surface area is 139 Å². The Hall–Kier alpha value is -1.10. The Bertz CT molecular complexity index is 490. The van der Waals surface area contributed by atoms with Gasteiger partial charge < -0.3 is 14.2 Å². The largest absolute Gasteiger partial charge is 0.497 e. The van der Waals surface area contributed by atoms with E-state index in [2.05, 4.69) is 24.0 Å². The first kappa shape index (κ1) is 16.7. The van der Waals surface area contributed by atoms with Gasteiger partial charge >= 0.3 is 0 Å². The van der Waals surface area contributed by atoms with Gasteiger partial charge in [0.2, 0.25) is 0 Å². The molecule has 0 aromatic heterocycles. The molecule has 2 aliphatic rings. The molecule has 3 rings (SSSR count). The Kier molecular flexibility index (Phi) is 5.57. The number of rotatable bonds is 6. The van der Waals surface area contributed by atoms with Gasteiger partial charge in [-0.1, -0.05) is 12.1 Å². The third kappa shape index (κ3) is 3.87. The van der Waals surface area contributed by atoms with Crippen LogP contribution in [-0.2, 0) is 16.0 Å². The second-order valence-electron chi connectivity index (χ2n) is 6.81. The fourth-order valence-corrected chi connectivity index (χ4v) is 4.02. The van der Waals surface area contributed by atoms with Gasteiger partial charge in [0.05, 0.1) is 19.8 Å². The van der Waals surface area contributed by atoms with Crippen LogP contribution in [0.3, 0.4) is 0 Å². The topological polar surface area (TPSA) is 30.9 Å². The molecule has 0 spiro atoms. The third-order valence-corrected chi connectivity index (χ3v) is 5.23. The molecule has 0 N–H and O–H groups in total. The molecule has 0 bridgehead atoms. The van der Waals surface area contributed by atoms with E-state index in [0.717, 1.165) is 58.0 Å². The lowest BCUT2D eigenvalue weighted by Gasteiger charge is -2.50. The van der Waals surface area contributed by atoms with Crippen LogP contribution in [0.15, 0.2) is 24.3 Å². The first-order chi connectivity index (χ1) is 11.3. The molecule has 0 radical (unpaired) electrons. The van der Waals surface area contributed by atoms with E-state index in [0.29, 0.717) is 6.10 Å². The fourth-order valence-electron chi connectivity index (χ4n) is 4.02. The van der Waals surface area contributed by atoms with Crippen LogP contribution < -0.4 is 4.74 Å². The minimum atomic E-state index is 0.180. The Morgan fingerprint density at radius 2 is 2.13 bits per heavy atom. The lowest BCUT2D eigenvalue weighted by atomic mass is 9.73. The molecule has 128 valence electrons. The summed E-state index contributed by atoms with van der Waals surface area (Å²) in [5.74, 6) is 0.918. The lowest BCUT2D eigenvalue weighted by molar-refractivity contribution is -0.153. The van der Waals surface area contributed by atoms with E-state index in [4.69, 9.17) is 14.2 Å². The lowest BCUT2D eigenvalue weighted by Crippen LogP contribution is -2.56. The summed E-state index contributed by atoms with van der Waals surface area (Å²) < 4.78 is 17.2. The zero-order valence-corrected chi connectivity index (χ0v) is 14.4. The van der Waals surface area contributed by atoms with Gasteiger partial charge in [-0.3, -0.25) is 4.90 Å². The van der Waals surface area contributed by atoms with Gasteiger partial charge in [-0.05, 0) is 43.9 Å². The number of hydrogen-bond donors (Lipinski definition) is 0. The predicted octanol–water partition coefficient (Wildman–Crippen LogP) is 3.10. The molecule has 2 aliphatic heterocycles. The van der Waals surface area contributed by atoms with Crippen LogP contribution in [0.2, 0.25) is 0 Å². The van der Waals surface area contributed by atoms with Gasteiger partial charge in [0.15, 0.2) is 0 Å². The summed E-state index contributed by atoms with van der Waals surface area (Å²) in [4.78, 5) is 2.56. The third-order valence-electron chi connectivity index (χ3n) is 5.23. The molecule has 2 heterocycles. The normalized spacial score (nSPS) is 28.3. The Morgan fingerprint density at radius 1 is 1.30 bits per heavy atom. The van der Waals surface area contributed by atoms with Gasteiger partial charge in [0.1, 0.15) is 5.75 Å². The molecular formula is C19H29NO3. The number of ether oxygens (including phenoxy) is 3. The molecule has 2 fully saturated rings. The summed E-state index contributed by atoms with van der Waals surface area (Å²) in [5, 5.41) is 0. The van der Waals surface area contributed by atoms with Crippen molar-refractivity contribution in [3.05, 3.63) is 29.8 Å². The van der Waals surface area contributed by atoms with Crippen molar-refractivity contribution in [2.24, 2.45) is 5.41 Å². The molecule has 2 atom stereocenters. The van der Waals surface area contributed by atoms with E-state index >= 15 is 0 Å². The van der Waals surface area contributed by atoms with Crippen molar-refractivity contribution < 1.29 is 14.2 Å². The number of piperidine rings is 1. The average molecular weight is 319 g/mol. The van der Waals surface area contributed by atoms with E-state index in [1.165, 1.54) is 12.0 Å². The van der Waals surface area contributed by atoms with Gasteiger partial charge in [-0.15, -0.1) is 0 Å². The van der Waals surface area contributed by atoms with Crippen molar-refractivity contribution in [1.29, 1.82) is 0 Å². The van der Waals surface area contributed by atoms with Gasteiger partial charge in [0, 0.05) is 38.3 Å². The van der Waals surface area contributed by atoms with Crippen molar-refractivity contribution in [2.75, 3.05) is 40.0 Å². The van der Waals surface area contributed by atoms with Crippen molar-refractivity contribution >= 4 is 0 Å². The molecule has 0 amide bonds. The zero-order chi connectivity index (χ0) is 16.1. The van der Waals surface area contributed by atoms with Gasteiger partial charge in [-0.2, -0.15) is 0 Å². The number of hydrogen-bond acceptors (Lipinski definition) is 4. The molecule has 0 saturated carbocycles. The SMILES string of the molecule is CCOCC12CCCOC1CCN(Cc1ccc(OC)cc1)C2. The van der Waals surface area contributed by atoms with Crippen LogP contribution in [0.25, 0.3) is 0 Å². The second kappa shape index (κ2) is 7.65. The summed E-state index contributed by atoms with van der Waals surface area (Å²) in [7, 11) is 1.71. The fraction of sp³-hybridized carbons (Fsp3) is 0.684. The maximum absolute atomic E-state index is 6.09. The molecular weight excluding hydrogens is 290 g/mol. The molecule has 2 unspecified atom stereocenters. The van der Waals surface area contributed by atoms with Crippen molar-refractivity contribution in [1.82, 2.24) is 4.90 Å². The second-order valence-corrected chi connectivity index (χ2v) is 6.81. The number of nitrogens with zero attached hydrogens (tertiary/aromatic N) is 1. The summed E-state index contributed by atoms with van der Waals surface area (Å²) >= 11 is 0. The minimum Gasteiger partial charge on any atom is -0.497 e. The quantitative estimate of drug-likeness (QED) is 0.806. The van der Waals surface area contributed by atoms with Crippen LogP contribution in [0.1, 0.15) is 31.7 Å². The summed E-state index contributed by atoms with van der Waals surface area (Å²) in [6.45, 7) is 7.77. The predicted molar refractivity (Wildman–Crippen MR) is 90.8 cm³/mol. The molecule has 1 aromatic carbocycles. The average Bonchev–Trinajstić information content (AvgIpc) is 2.60. The Balaban J connectivity index is 1.66. The van der Waals surface area contributed by atoms with E-state index in [-0.39, 0.29) is 5.41 Å². The smallest absolute Gasteiger partial charge is 0.118 e. The van der Waals surface area contributed by atoms with Crippen molar-refractivity contribution in [3.8, 4) is 5.75 Å². The highest BCUT2D eigenvalue weighted by molar-refractivity contribution is 5.27. The van der Waals surface area contributed by atoms with Crippen LogP contribution in [0.4, 0.5) is 0 Å². The maximum atomic E-state index is 6.09. The highest BCUT2D eigenvalue weighted by Crippen LogP contribution is 2.40. The van der Waals surface area contributed by atoms with E-state index in [1.807, 2.05) is 12.1 Å². The van der Waals surface area contributed by atoms with E-state index in [9.17, 15) is 0 Å². The first-order valence-corrected chi connectivity index (χ1v) is 8.80. The number of methoxy groups -OCH3 is 1.